The first-order chi connectivity index (χ1) is 9.59. The van der Waals surface area contributed by atoms with Crippen LogP contribution in [0.4, 0.5) is 13.2 Å². The van der Waals surface area contributed by atoms with E-state index < -0.39 is 27.6 Å². The topological polar surface area (TPSA) is 76.3 Å². The van der Waals surface area contributed by atoms with Crippen LogP contribution in [0.15, 0.2) is 23.2 Å². The van der Waals surface area contributed by atoms with Crippen molar-refractivity contribution in [2.24, 2.45) is 5.73 Å². The third kappa shape index (κ3) is 4.61. The molecule has 118 valence electrons. The summed E-state index contributed by atoms with van der Waals surface area (Å²) < 4.78 is 62.8. The molecule has 2 N–H and O–H groups in total. The highest BCUT2D eigenvalue weighted by Crippen LogP contribution is 2.24. The molecule has 0 saturated heterocycles. The van der Waals surface area contributed by atoms with Crippen LogP contribution < -0.4 is 5.73 Å². The van der Waals surface area contributed by atoms with E-state index in [-0.39, 0.29) is 23.6 Å². The van der Waals surface area contributed by atoms with Gasteiger partial charge in [0.05, 0.1) is 0 Å². The Labute approximate surface area is 126 Å². The van der Waals surface area contributed by atoms with Crippen molar-refractivity contribution in [2.45, 2.75) is 24.4 Å². The predicted molar refractivity (Wildman–Crippen MR) is 75.2 cm³/mol. The smallest absolute Gasteiger partial charge is 0.388 e. The lowest BCUT2D eigenvalue weighted by molar-refractivity contribution is -0.136. The number of aromatic nitrogens is 1. The van der Waals surface area contributed by atoms with Crippen LogP contribution in [0.2, 0.25) is 0 Å². The zero-order chi connectivity index (χ0) is 16.3. The Morgan fingerprint density at radius 3 is 2.57 bits per heavy atom. The molecule has 1 heterocycles. The van der Waals surface area contributed by atoms with Gasteiger partial charge < -0.3 is 5.73 Å². The van der Waals surface area contributed by atoms with Gasteiger partial charge in [-0.1, -0.05) is 19.1 Å². The first-order valence-corrected chi connectivity index (χ1v) is 7.76. The highest BCUT2D eigenvalue weighted by Gasteiger charge is 2.37. The maximum Gasteiger partial charge on any atom is 0.402 e. The van der Waals surface area contributed by atoms with Gasteiger partial charge in [-0.15, -0.1) is 0 Å². The molecule has 0 radical (unpaired) electrons. The first-order valence-electron chi connectivity index (χ1n) is 5.91. The van der Waals surface area contributed by atoms with Gasteiger partial charge in [0.1, 0.15) is 22.1 Å². The molecule has 0 atom stereocenters. The van der Waals surface area contributed by atoms with Gasteiger partial charge >= 0.3 is 6.18 Å². The van der Waals surface area contributed by atoms with Crippen molar-refractivity contribution in [3.63, 3.8) is 0 Å². The second kappa shape index (κ2) is 6.67. The van der Waals surface area contributed by atoms with Gasteiger partial charge in [0.15, 0.2) is 0 Å². The summed E-state index contributed by atoms with van der Waals surface area (Å²) in [5.41, 5.74) is 5.16. The third-order valence-electron chi connectivity index (χ3n) is 2.45. The average Bonchev–Trinajstić information content (AvgIpc) is 2.36. The number of hydrogen-bond donors (Lipinski definition) is 1. The molecule has 0 aromatic carbocycles. The van der Waals surface area contributed by atoms with E-state index >= 15 is 0 Å². The van der Waals surface area contributed by atoms with E-state index in [9.17, 15) is 21.6 Å². The predicted octanol–water partition coefficient (Wildman–Crippen LogP) is 1.68. The lowest BCUT2D eigenvalue weighted by Gasteiger charge is -2.23. The monoisotopic (exact) mass is 341 g/mol. The number of hydrogen-bond acceptors (Lipinski definition) is 4. The van der Waals surface area contributed by atoms with Crippen LogP contribution in [0.3, 0.4) is 0 Å². The molecule has 1 aromatic heterocycles. The minimum absolute atomic E-state index is 0.212. The van der Waals surface area contributed by atoms with Gasteiger partial charge in [0.2, 0.25) is 10.0 Å². The number of alkyl halides is 3. The molecule has 5 nitrogen and oxygen atoms in total. The van der Waals surface area contributed by atoms with Crippen LogP contribution >= 0.6 is 12.2 Å². The SMILES string of the molecule is CCCN(CC(F)(F)F)S(=O)(=O)c1cccnc1C(N)=S. The van der Waals surface area contributed by atoms with Gasteiger partial charge in [0, 0.05) is 12.7 Å². The van der Waals surface area contributed by atoms with Gasteiger partial charge in [-0.3, -0.25) is 4.98 Å². The summed E-state index contributed by atoms with van der Waals surface area (Å²) >= 11 is 4.69. The maximum atomic E-state index is 12.6. The number of halogens is 3. The van der Waals surface area contributed by atoms with Crippen molar-refractivity contribution in [3.05, 3.63) is 24.0 Å². The zero-order valence-electron chi connectivity index (χ0n) is 11.1. The molecule has 0 bridgehead atoms. The Bertz CT molecular complexity index is 617. The molecular formula is C11H14F3N3O2S2. The minimum atomic E-state index is -4.65. The second-order valence-electron chi connectivity index (χ2n) is 4.17. The number of nitrogens with zero attached hydrogens (tertiary/aromatic N) is 2. The summed E-state index contributed by atoms with van der Waals surface area (Å²) in [4.78, 5) is 3.02. The molecule has 0 spiro atoms. The average molecular weight is 341 g/mol. The van der Waals surface area contributed by atoms with Crippen LogP contribution in [-0.4, -0.2) is 42.0 Å². The maximum absolute atomic E-state index is 12.6. The number of pyridine rings is 1. The van der Waals surface area contributed by atoms with Gasteiger partial charge in [-0.2, -0.15) is 17.5 Å². The van der Waals surface area contributed by atoms with E-state index in [1.165, 1.54) is 12.3 Å². The van der Waals surface area contributed by atoms with E-state index in [1.54, 1.807) is 6.92 Å². The number of sulfonamides is 1. The van der Waals surface area contributed by atoms with Gasteiger partial charge in [0.25, 0.3) is 0 Å². The molecule has 0 unspecified atom stereocenters. The Morgan fingerprint density at radius 1 is 1.48 bits per heavy atom. The Morgan fingerprint density at radius 2 is 2.10 bits per heavy atom. The van der Waals surface area contributed by atoms with Crippen molar-refractivity contribution < 1.29 is 21.6 Å². The van der Waals surface area contributed by atoms with E-state index in [2.05, 4.69) is 17.2 Å². The van der Waals surface area contributed by atoms with Gasteiger partial charge in [-0.25, -0.2) is 8.42 Å². The van der Waals surface area contributed by atoms with Crippen LogP contribution in [0.25, 0.3) is 0 Å². The van der Waals surface area contributed by atoms with E-state index in [0.29, 0.717) is 4.31 Å². The molecular weight excluding hydrogens is 327 g/mol. The van der Waals surface area contributed by atoms with Crippen LogP contribution in [0.1, 0.15) is 19.0 Å². The zero-order valence-corrected chi connectivity index (χ0v) is 12.7. The molecule has 0 amide bonds. The molecule has 0 saturated carbocycles. The summed E-state index contributed by atoms with van der Waals surface area (Å²) in [5.74, 6) is 0. The molecule has 1 aromatic rings. The van der Waals surface area contributed by atoms with E-state index in [4.69, 9.17) is 5.73 Å². The largest absolute Gasteiger partial charge is 0.402 e. The summed E-state index contributed by atoms with van der Waals surface area (Å²) in [6.07, 6.45) is -3.15. The van der Waals surface area contributed by atoms with E-state index in [1.807, 2.05) is 0 Å². The van der Waals surface area contributed by atoms with Crippen molar-refractivity contribution in [2.75, 3.05) is 13.1 Å². The van der Waals surface area contributed by atoms with E-state index in [0.717, 1.165) is 6.07 Å². The number of thiocarbonyl (C=S) groups is 1. The molecule has 0 aliphatic carbocycles. The fraction of sp³-hybridized carbons (Fsp3) is 0.455. The molecule has 10 heteroatoms. The second-order valence-corrected chi connectivity index (χ2v) is 6.51. The Kier molecular flexibility index (Phi) is 5.65. The summed E-state index contributed by atoms with van der Waals surface area (Å²) in [5, 5.41) is 0. The molecule has 21 heavy (non-hydrogen) atoms. The molecule has 1 rings (SSSR count). The summed E-state index contributed by atoms with van der Waals surface area (Å²) in [7, 11) is -4.39. The fourth-order valence-electron chi connectivity index (χ4n) is 1.66. The van der Waals surface area contributed by atoms with Crippen molar-refractivity contribution >= 4 is 27.2 Å². The van der Waals surface area contributed by atoms with Crippen molar-refractivity contribution in [3.8, 4) is 0 Å². The first kappa shape index (κ1) is 17.8. The van der Waals surface area contributed by atoms with Gasteiger partial charge in [-0.05, 0) is 18.6 Å². The fourth-order valence-corrected chi connectivity index (χ4v) is 3.56. The van der Waals surface area contributed by atoms with Crippen LogP contribution in [0.5, 0.6) is 0 Å². The summed E-state index contributed by atoms with van der Waals surface area (Å²) in [6.45, 7) is -0.265. The summed E-state index contributed by atoms with van der Waals surface area (Å²) in [6, 6.07) is 2.43. The van der Waals surface area contributed by atoms with Crippen molar-refractivity contribution in [1.82, 2.24) is 9.29 Å². The molecule has 0 aliphatic rings. The Balaban J connectivity index is 3.33. The van der Waals surface area contributed by atoms with Crippen molar-refractivity contribution in [1.29, 1.82) is 0 Å². The van der Waals surface area contributed by atoms with Crippen LogP contribution in [0, 0.1) is 0 Å². The standard InChI is InChI=1S/C11H14F3N3O2S2/c1-2-6-17(7-11(12,13)14)21(18,19)8-4-3-5-16-9(8)10(15)20/h3-5H,2,6-7H2,1H3,(H2,15,20). The number of rotatable bonds is 6. The highest BCUT2D eigenvalue weighted by molar-refractivity contribution is 7.89. The normalized spacial score (nSPS) is 12.6. The molecule has 0 fully saturated rings. The lowest BCUT2D eigenvalue weighted by atomic mass is 10.3. The minimum Gasteiger partial charge on any atom is -0.388 e. The molecule has 0 aliphatic heterocycles. The third-order valence-corrected chi connectivity index (χ3v) is 4.52. The highest BCUT2D eigenvalue weighted by atomic mass is 32.2. The number of nitrogens with two attached hydrogens (primary N) is 1. The van der Waals surface area contributed by atoms with Crippen LogP contribution in [-0.2, 0) is 10.0 Å². The Hall–Kier alpha value is -1.26. The quantitative estimate of drug-likeness (QED) is 0.797. The lowest BCUT2D eigenvalue weighted by Crippen LogP contribution is -2.40.